The van der Waals surface area contributed by atoms with Crippen LogP contribution in [0.5, 0.6) is 5.75 Å². The molecule has 3 rings (SSSR count). The van der Waals surface area contributed by atoms with E-state index in [0.717, 1.165) is 28.0 Å². The van der Waals surface area contributed by atoms with Gasteiger partial charge in [-0.1, -0.05) is 47.7 Å². The highest BCUT2D eigenvalue weighted by Crippen LogP contribution is 2.29. The average Bonchev–Trinajstić information content (AvgIpc) is 2.81. The Kier molecular flexibility index (Phi) is 7.64. The van der Waals surface area contributed by atoms with Crippen LogP contribution >= 0.6 is 0 Å². The second-order valence-electron chi connectivity index (χ2n) is 6.84. The molecule has 0 amide bonds. The van der Waals surface area contributed by atoms with Crippen LogP contribution in [-0.4, -0.2) is 27.0 Å². The maximum absolute atomic E-state index is 11.5. The van der Waals surface area contributed by atoms with E-state index in [1.54, 1.807) is 37.5 Å². The summed E-state index contributed by atoms with van der Waals surface area (Å²) >= 11 is 0. The first-order chi connectivity index (χ1) is 15.1. The number of hydrogen-bond acceptors (Lipinski definition) is 4. The SMILES string of the molecule is COCOc1ccc(-c2ccc(C)cc2)c(/C=C/C#Cc2ccc(C(=O)OC)cc2)c1. The number of benzene rings is 3. The Hall–Kier alpha value is -3.81. The van der Waals surface area contributed by atoms with Gasteiger partial charge in [-0.3, -0.25) is 0 Å². The summed E-state index contributed by atoms with van der Waals surface area (Å²) in [6.45, 7) is 2.26. The molecule has 0 saturated carbocycles. The second-order valence-corrected chi connectivity index (χ2v) is 6.84. The average molecular weight is 412 g/mol. The van der Waals surface area contributed by atoms with Crippen molar-refractivity contribution >= 4 is 12.0 Å². The Labute approximate surface area is 183 Å². The lowest BCUT2D eigenvalue weighted by atomic mass is 9.98. The number of esters is 1. The Morgan fingerprint density at radius 1 is 0.968 bits per heavy atom. The van der Waals surface area contributed by atoms with E-state index < -0.39 is 0 Å². The van der Waals surface area contributed by atoms with Crippen molar-refractivity contribution in [2.75, 3.05) is 21.0 Å². The molecule has 0 bridgehead atoms. The smallest absolute Gasteiger partial charge is 0.337 e. The van der Waals surface area contributed by atoms with E-state index in [1.165, 1.54) is 12.7 Å². The zero-order valence-corrected chi connectivity index (χ0v) is 17.8. The lowest BCUT2D eigenvalue weighted by Crippen LogP contribution is -2.00. The maximum atomic E-state index is 11.5. The topological polar surface area (TPSA) is 44.8 Å². The molecule has 0 N–H and O–H groups in total. The van der Waals surface area contributed by atoms with Crippen LogP contribution in [0.15, 0.2) is 72.8 Å². The fourth-order valence-electron chi connectivity index (χ4n) is 2.96. The van der Waals surface area contributed by atoms with Gasteiger partial charge in [-0.05, 0) is 72.2 Å². The minimum Gasteiger partial charge on any atom is -0.468 e. The van der Waals surface area contributed by atoms with Gasteiger partial charge in [-0.25, -0.2) is 4.79 Å². The van der Waals surface area contributed by atoms with Crippen molar-refractivity contribution in [1.29, 1.82) is 0 Å². The fraction of sp³-hybridized carbons (Fsp3) is 0.148. The molecule has 4 heteroatoms. The number of ether oxygens (including phenoxy) is 3. The maximum Gasteiger partial charge on any atom is 0.337 e. The third kappa shape index (κ3) is 6.08. The highest BCUT2D eigenvalue weighted by molar-refractivity contribution is 5.89. The molecule has 3 aromatic carbocycles. The van der Waals surface area contributed by atoms with Gasteiger partial charge in [-0.15, -0.1) is 0 Å². The van der Waals surface area contributed by atoms with E-state index >= 15 is 0 Å². The van der Waals surface area contributed by atoms with Crippen molar-refractivity contribution in [1.82, 2.24) is 0 Å². The molecule has 0 aromatic heterocycles. The number of rotatable bonds is 6. The Morgan fingerprint density at radius 3 is 2.39 bits per heavy atom. The first-order valence-electron chi connectivity index (χ1n) is 9.80. The van der Waals surface area contributed by atoms with Gasteiger partial charge in [0.2, 0.25) is 0 Å². The summed E-state index contributed by atoms with van der Waals surface area (Å²) in [6, 6.07) is 21.3. The van der Waals surface area contributed by atoms with Crippen LogP contribution in [0.4, 0.5) is 0 Å². The van der Waals surface area contributed by atoms with Crippen LogP contribution in [0.3, 0.4) is 0 Å². The number of allylic oxidation sites excluding steroid dienone is 1. The van der Waals surface area contributed by atoms with Crippen LogP contribution < -0.4 is 4.74 Å². The van der Waals surface area contributed by atoms with Crippen molar-refractivity contribution in [2.45, 2.75) is 6.92 Å². The van der Waals surface area contributed by atoms with Crippen LogP contribution in [0.25, 0.3) is 17.2 Å². The quantitative estimate of drug-likeness (QED) is 0.305. The summed E-state index contributed by atoms with van der Waals surface area (Å²) in [6.07, 6.45) is 3.77. The Morgan fingerprint density at radius 2 is 1.71 bits per heavy atom. The summed E-state index contributed by atoms with van der Waals surface area (Å²) in [5, 5.41) is 0. The van der Waals surface area contributed by atoms with Crippen molar-refractivity contribution < 1.29 is 19.0 Å². The molecule has 0 aliphatic carbocycles. The zero-order chi connectivity index (χ0) is 22.1. The van der Waals surface area contributed by atoms with Gasteiger partial charge in [0.15, 0.2) is 6.79 Å². The van der Waals surface area contributed by atoms with E-state index in [1.807, 2.05) is 24.3 Å². The molecule has 0 spiro atoms. The Bertz CT molecular complexity index is 1110. The second kappa shape index (κ2) is 10.8. The van der Waals surface area contributed by atoms with Gasteiger partial charge >= 0.3 is 5.97 Å². The molecule has 0 radical (unpaired) electrons. The number of aryl methyl sites for hydroxylation is 1. The van der Waals surface area contributed by atoms with Gasteiger partial charge < -0.3 is 14.2 Å². The standard InChI is InChI=1S/C27H24O4/c1-20-8-12-22(13-9-20)26-17-16-25(31-19-29-2)18-24(26)7-5-4-6-21-10-14-23(15-11-21)27(28)30-3/h5,7-18H,19H2,1-3H3/b7-5+. The van der Waals surface area contributed by atoms with Crippen molar-refractivity contribution in [3.63, 3.8) is 0 Å². The van der Waals surface area contributed by atoms with Gasteiger partial charge in [0.1, 0.15) is 5.75 Å². The summed E-state index contributed by atoms with van der Waals surface area (Å²) < 4.78 is 15.3. The van der Waals surface area contributed by atoms with E-state index in [0.29, 0.717) is 5.56 Å². The highest BCUT2D eigenvalue weighted by Gasteiger charge is 2.06. The minimum atomic E-state index is -0.362. The summed E-state index contributed by atoms with van der Waals surface area (Å²) in [7, 11) is 2.95. The molecule has 0 atom stereocenters. The molecule has 0 aliphatic heterocycles. The first-order valence-corrected chi connectivity index (χ1v) is 9.80. The number of methoxy groups -OCH3 is 2. The molecule has 156 valence electrons. The molecule has 0 unspecified atom stereocenters. The molecule has 0 saturated heterocycles. The predicted molar refractivity (Wildman–Crippen MR) is 123 cm³/mol. The third-order valence-electron chi connectivity index (χ3n) is 4.60. The summed E-state index contributed by atoms with van der Waals surface area (Å²) in [4.78, 5) is 11.5. The van der Waals surface area contributed by atoms with E-state index in [4.69, 9.17) is 14.2 Å². The van der Waals surface area contributed by atoms with Crippen molar-refractivity contribution in [3.05, 3.63) is 95.1 Å². The summed E-state index contributed by atoms with van der Waals surface area (Å²) in [5.74, 6) is 6.49. The van der Waals surface area contributed by atoms with E-state index in [9.17, 15) is 4.79 Å². The molecule has 31 heavy (non-hydrogen) atoms. The normalized spacial score (nSPS) is 10.4. The van der Waals surface area contributed by atoms with Crippen molar-refractivity contribution in [3.8, 4) is 28.7 Å². The molecule has 0 fully saturated rings. The monoisotopic (exact) mass is 412 g/mol. The predicted octanol–water partition coefficient (Wildman–Crippen LogP) is 5.50. The molecular formula is C27H24O4. The lowest BCUT2D eigenvalue weighted by molar-refractivity contribution is 0.0511. The molecule has 4 nitrogen and oxygen atoms in total. The zero-order valence-electron chi connectivity index (χ0n) is 17.8. The van der Waals surface area contributed by atoms with Crippen LogP contribution in [0, 0.1) is 18.8 Å². The lowest BCUT2D eigenvalue weighted by Gasteiger charge is -2.10. The van der Waals surface area contributed by atoms with Crippen LogP contribution in [0.1, 0.15) is 27.0 Å². The molecule has 0 heterocycles. The molecular weight excluding hydrogens is 388 g/mol. The van der Waals surface area contributed by atoms with Crippen molar-refractivity contribution in [2.24, 2.45) is 0 Å². The van der Waals surface area contributed by atoms with Gasteiger partial charge in [0.05, 0.1) is 12.7 Å². The molecule has 0 aliphatic rings. The fourth-order valence-corrected chi connectivity index (χ4v) is 2.96. The van der Waals surface area contributed by atoms with Gasteiger partial charge in [0.25, 0.3) is 0 Å². The molecule has 3 aromatic rings. The highest BCUT2D eigenvalue weighted by atomic mass is 16.7. The number of carbonyl (C=O) groups is 1. The number of hydrogen-bond donors (Lipinski definition) is 0. The van der Waals surface area contributed by atoms with Crippen LogP contribution in [-0.2, 0) is 9.47 Å². The van der Waals surface area contributed by atoms with Gasteiger partial charge in [0, 0.05) is 12.7 Å². The van der Waals surface area contributed by atoms with E-state index in [-0.39, 0.29) is 12.8 Å². The largest absolute Gasteiger partial charge is 0.468 e. The van der Waals surface area contributed by atoms with E-state index in [2.05, 4.69) is 43.0 Å². The van der Waals surface area contributed by atoms with Gasteiger partial charge in [-0.2, -0.15) is 0 Å². The Balaban J connectivity index is 1.84. The first kappa shape index (κ1) is 21.9. The summed E-state index contributed by atoms with van der Waals surface area (Å²) in [5.41, 5.74) is 5.73. The minimum absolute atomic E-state index is 0.189. The van der Waals surface area contributed by atoms with Crippen LogP contribution in [0.2, 0.25) is 0 Å². The number of carbonyl (C=O) groups excluding carboxylic acids is 1. The third-order valence-corrected chi connectivity index (χ3v) is 4.60.